The molecular formula is C24H23O3P. The molecule has 142 valence electrons. The molecule has 0 aromatic heterocycles. The van der Waals surface area contributed by atoms with Crippen molar-refractivity contribution in [1.82, 2.24) is 0 Å². The van der Waals surface area contributed by atoms with E-state index in [0.29, 0.717) is 16.7 Å². The molecule has 0 aliphatic heterocycles. The second-order valence-electron chi connectivity index (χ2n) is 7.14. The van der Waals surface area contributed by atoms with Gasteiger partial charge in [0.2, 0.25) is 18.2 Å². The number of aryl methyl sites for hydroxylation is 4. The maximum absolute atomic E-state index is 14.3. The van der Waals surface area contributed by atoms with Gasteiger partial charge in [0.1, 0.15) is 0 Å². The first-order valence-corrected chi connectivity index (χ1v) is 10.9. The van der Waals surface area contributed by atoms with Crippen LogP contribution in [-0.4, -0.2) is 11.0 Å². The van der Waals surface area contributed by atoms with Gasteiger partial charge in [0.15, 0.2) is 0 Å². The van der Waals surface area contributed by atoms with Gasteiger partial charge in [-0.05, 0) is 44.4 Å². The zero-order valence-corrected chi connectivity index (χ0v) is 17.4. The molecule has 0 fully saturated rings. The zero-order valence-electron chi connectivity index (χ0n) is 16.5. The SMILES string of the molecule is Cc1cc(C)c(C(=O)P(=O)(C(=O)c2ccccc2C)c2ccccc2)c(C)c1. The van der Waals surface area contributed by atoms with Gasteiger partial charge in [-0.1, -0.05) is 72.3 Å². The van der Waals surface area contributed by atoms with E-state index in [0.717, 1.165) is 16.7 Å². The number of carbonyl (C=O) groups is 2. The van der Waals surface area contributed by atoms with E-state index in [1.165, 1.54) is 0 Å². The monoisotopic (exact) mass is 390 g/mol. The average Bonchev–Trinajstić information content (AvgIpc) is 2.67. The van der Waals surface area contributed by atoms with Crippen molar-refractivity contribution >= 4 is 23.5 Å². The van der Waals surface area contributed by atoms with E-state index in [4.69, 9.17) is 0 Å². The fraction of sp³-hybridized carbons (Fsp3) is 0.167. The summed E-state index contributed by atoms with van der Waals surface area (Å²) in [5, 5.41) is 0.271. The Labute approximate surface area is 165 Å². The molecule has 0 saturated carbocycles. The van der Waals surface area contributed by atoms with Crippen molar-refractivity contribution in [1.29, 1.82) is 0 Å². The largest absolute Gasteiger partial charge is 0.302 e. The summed E-state index contributed by atoms with van der Waals surface area (Å²) in [5.74, 6) is 0. The number of carbonyl (C=O) groups excluding carboxylic acids is 2. The quantitative estimate of drug-likeness (QED) is 0.534. The molecular weight excluding hydrogens is 367 g/mol. The van der Waals surface area contributed by atoms with E-state index >= 15 is 0 Å². The van der Waals surface area contributed by atoms with Crippen LogP contribution in [0.4, 0.5) is 0 Å². The van der Waals surface area contributed by atoms with Gasteiger partial charge >= 0.3 is 0 Å². The van der Waals surface area contributed by atoms with Crippen molar-refractivity contribution in [3.8, 4) is 0 Å². The van der Waals surface area contributed by atoms with Crippen LogP contribution in [0.5, 0.6) is 0 Å². The van der Waals surface area contributed by atoms with E-state index in [1.54, 1.807) is 55.5 Å². The molecule has 3 rings (SSSR count). The lowest BCUT2D eigenvalue weighted by Gasteiger charge is -2.20. The van der Waals surface area contributed by atoms with Crippen molar-refractivity contribution in [2.75, 3.05) is 0 Å². The minimum Gasteiger partial charge on any atom is -0.302 e. The fourth-order valence-corrected chi connectivity index (χ4v) is 6.13. The molecule has 28 heavy (non-hydrogen) atoms. The smallest absolute Gasteiger partial charge is 0.248 e. The minimum absolute atomic E-state index is 0.271. The predicted octanol–water partition coefficient (Wildman–Crippen LogP) is 5.59. The van der Waals surface area contributed by atoms with Crippen LogP contribution in [0.2, 0.25) is 0 Å². The average molecular weight is 390 g/mol. The van der Waals surface area contributed by atoms with Gasteiger partial charge < -0.3 is 4.57 Å². The van der Waals surface area contributed by atoms with Crippen molar-refractivity contribution in [2.24, 2.45) is 0 Å². The Kier molecular flexibility index (Phi) is 5.49. The molecule has 3 nitrogen and oxygen atoms in total. The summed E-state index contributed by atoms with van der Waals surface area (Å²) in [6, 6.07) is 19.1. The first kappa shape index (κ1) is 20.0. The second-order valence-corrected chi connectivity index (χ2v) is 9.69. The molecule has 0 spiro atoms. The minimum atomic E-state index is -4.07. The molecule has 1 unspecified atom stereocenters. The van der Waals surface area contributed by atoms with E-state index < -0.39 is 18.2 Å². The van der Waals surface area contributed by atoms with Gasteiger partial charge in [0, 0.05) is 16.4 Å². The molecule has 0 saturated heterocycles. The van der Waals surface area contributed by atoms with Gasteiger partial charge in [0.05, 0.1) is 0 Å². The topological polar surface area (TPSA) is 51.2 Å². The van der Waals surface area contributed by atoms with Crippen molar-refractivity contribution in [3.63, 3.8) is 0 Å². The van der Waals surface area contributed by atoms with Crippen LogP contribution >= 0.6 is 7.14 Å². The highest BCUT2D eigenvalue weighted by molar-refractivity contribution is 8.01. The van der Waals surface area contributed by atoms with Crippen LogP contribution in [0.1, 0.15) is 43.0 Å². The molecule has 0 N–H and O–H groups in total. The molecule has 1 atom stereocenters. The molecule has 0 amide bonds. The van der Waals surface area contributed by atoms with Crippen LogP contribution < -0.4 is 5.30 Å². The molecule has 4 heteroatoms. The van der Waals surface area contributed by atoms with Gasteiger partial charge in [0.25, 0.3) is 0 Å². The molecule has 0 aliphatic rings. The number of rotatable bonds is 5. The van der Waals surface area contributed by atoms with Gasteiger partial charge in [-0.3, -0.25) is 9.59 Å². The Balaban J connectivity index is 2.27. The van der Waals surface area contributed by atoms with Crippen LogP contribution in [0, 0.1) is 27.7 Å². The fourth-order valence-electron chi connectivity index (χ4n) is 3.62. The number of benzene rings is 3. The Bertz CT molecular complexity index is 1090. The first-order chi connectivity index (χ1) is 13.3. The molecule has 3 aromatic carbocycles. The van der Waals surface area contributed by atoms with Crippen LogP contribution in [0.15, 0.2) is 66.7 Å². The van der Waals surface area contributed by atoms with E-state index in [2.05, 4.69) is 0 Å². The molecule has 0 heterocycles. The maximum Gasteiger partial charge on any atom is 0.248 e. The predicted molar refractivity (Wildman–Crippen MR) is 114 cm³/mol. The molecule has 0 aliphatic carbocycles. The summed E-state index contributed by atoms with van der Waals surface area (Å²) < 4.78 is 14.3. The number of hydrogen-bond acceptors (Lipinski definition) is 3. The van der Waals surface area contributed by atoms with Crippen molar-refractivity contribution < 1.29 is 14.2 Å². The highest BCUT2D eigenvalue weighted by atomic mass is 31.2. The summed E-state index contributed by atoms with van der Waals surface area (Å²) in [5.41, 5.74) is 2.68. The lowest BCUT2D eigenvalue weighted by Crippen LogP contribution is -2.22. The highest BCUT2D eigenvalue weighted by Crippen LogP contribution is 2.52. The molecule has 0 radical (unpaired) electrons. The normalized spacial score (nSPS) is 13.0. The lowest BCUT2D eigenvalue weighted by atomic mass is 10.0. The summed E-state index contributed by atoms with van der Waals surface area (Å²) in [7, 11) is -4.07. The van der Waals surface area contributed by atoms with Gasteiger partial charge in [-0.2, -0.15) is 0 Å². The summed E-state index contributed by atoms with van der Waals surface area (Å²) >= 11 is 0. The summed E-state index contributed by atoms with van der Waals surface area (Å²) in [4.78, 5) is 27.2. The van der Waals surface area contributed by atoms with E-state index in [1.807, 2.05) is 39.0 Å². The van der Waals surface area contributed by atoms with Gasteiger partial charge in [-0.15, -0.1) is 0 Å². The van der Waals surface area contributed by atoms with E-state index in [-0.39, 0.29) is 5.30 Å². The second kappa shape index (κ2) is 7.69. The Hall–Kier alpha value is -2.77. The van der Waals surface area contributed by atoms with Crippen LogP contribution in [-0.2, 0) is 4.57 Å². The summed E-state index contributed by atoms with van der Waals surface area (Å²) in [6.07, 6.45) is 0. The van der Waals surface area contributed by atoms with Crippen LogP contribution in [0.3, 0.4) is 0 Å². The lowest BCUT2D eigenvalue weighted by molar-refractivity contribution is 0.104. The van der Waals surface area contributed by atoms with Crippen molar-refractivity contribution in [2.45, 2.75) is 27.7 Å². The standard InChI is InChI=1S/C24H23O3P/c1-16-14-18(3)22(19(4)15-16)24(26)28(27,20-11-6-5-7-12-20)23(25)21-13-9-8-10-17(21)2/h5-15H,1-4H3. The highest BCUT2D eigenvalue weighted by Gasteiger charge is 2.44. The van der Waals surface area contributed by atoms with E-state index in [9.17, 15) is 14.2 Å². The van der Waals surface area contributed by atoms with Gasteiger partial charge in [-0.25, -0.2) is 0 Å². The third-order valence-corrected chi connectivity index (χ3v) is 7.59. The third kappa shape index (κ3) is 3.39. The Morgan fingerprint density at radius 1 is 0.679 bits per heavy atom. The number of hydrogen-bond donors (Lipinski definition) is 0. The Morgan fingerprint density at radius 3 is 1.79 bits per heavy atom. The summed E-state index contributed by atoms with van der Waals surface area (Å²) in [6.45, 7) is 7.38. The molecule has 0 bridgehead atoms. The first-order valence-electron chi connectivity index (χ1n) is 9.15. The van der Waals surface area contributed by atoms with Crippen molar-refractivity contribution in [3.05, 3.63) is 100 Å². The third-order valence-electron chi connectivity index (χ3n) is 4.96. The maximum atomic E-state index is 14.3. The van der Waals surface area contributed by atoms with Crippen LogP contribution in [0.25, 0.3) is 0 Å². The molecule has 3 aromatic rings. The zero-order chi connectivity index (χ0) is 20.5. The Morgan fingerprint density at radius 2 is 1.21 bits per heavy atom.